The lowest BCUT2D eigenvalue weighted by atomic mass is 10.2. The highest BCUT2D eigenvalue weighted by molar-refractivity contribution is 7.17. The number of H-pyrrole nitrogens is 1. The summed E-state index contributed by atoms with van der Waals surface area (Å²) in [6, 6.07) is 3.50. The third-order valence-corrected chi connectivity index (χ3v) is 4.05. The summed E-state index contributed by atoms with van der Waals surface area (Å²) in [6.07, 6.45) is -6.36. The minimum atomic E-state index is -4.45. The first kappa shape index (κ1) is 13.4. The van der Waals surface area contributed by atoms with Gasteiger partial charge in [0.2, 0.25) is 0 Å². The lowest BCUT2D eigenvalue weighted by molar-refractivity contribution is -0.233. The maximum absolute atomic E-state index is 12.6. The van der Waals surface area contributed by atoms with Crippen molar-refractivity contribution in [1.82, 2.24) is 9.88 Å². The SMILES string of the molecule is O=C(c1cc2sccc2[nH]1)N1CCO[C@H](C(F)(F)F)C1. The van der Waals surface area contributed by atoms with Gasteiger partial charge in [-0.1, -0.05) is 0 Å². The van der Waals surface area contributed by atoms with E-state index in [2.05, 4.69) is 9.72 Å². The number of nitrogens with one attached hydrogen (secondary N) is 1. The molecular weight excluding hydrogens is 293 g/mol. The zero-order valence-corrected chi connectivity index (χ0v) is 11.1. The van der Waals surface area contributed by atoms with Crippen LogP contribution in [0.15, 0.2) is 17.5 Å². The van der Waals surface area contributed by atoms with Crippen molar-refractivity contribution < 1.29 is 22.7 Å². The first-order valence-corrected chi connectivity index (χ1v) is 6.87. The Morgan fingerprint density at radius 3 is 3.00 bits per heavy atom. The van der Waals surface area contributed by atoms with Gasteiger partial charge in [-0.05, 0) is 17.5 Å². The number of morpholine rings is 1. The molecular formula is C12H11F3N2O2S. The molecule has 0 radical (unpaired) electrons. The van der Waals surface area contributed by atoms with Crippen molar-refractivity contribution in [2.75, 3.05) is 19.7 Å². The highest BCUT2D eigenvalue weighted by Gasteiger charge is 2.44. The smallest absolute Gasteiger partial charge is 0.365 e. The van der Waals surface area contributed by atoms with Gasteiger partial charge < -0.3 is 14.6 Å². The van der Waals surface area contributed by atoms with E-state index in [9.17, 15) is 18.0 Å². The Hall–Kier alpha value is -1.54. The molecule has 1 saturated heterocycles. The Labute approximate surface area is 116 Å². The Kier molecular flexibility index (Phi) is 3.21. The zero-order valence-electron chi connectivity index (χ0n) is 10.2. The lowest BCUT2D eigenvalue weighted by Crippen LogP contribution is -2.51. The van der Waals surface area contributed by atoms with E-state index in [1.54, 1.807) is 6.07 Å². The number of carbonyl (C=O) groups is 1. The van der Waals surface area contributed by atoms with E-state index < -0.39 is 24.7 Å². The van der Waals surface area contributed by atoms with Gasteiger partial charge in [0.1, 0.15) is 5.69 Å². The number of carbonyl (C=O) groups excluding carboxylic acids is 1. The van der Waals surface area contributed by atoms with Gasteiger partial charge in [-0.2, -0.15) is 13.2 Å². The molecule has 0 aliphatic carbocycles. The van der Waals surface area contributed by atoms with Crippen LogP contribution in [0.4, 0.5) is 13.2 Å². The number of halogens is 3. The second kappa shape index (κ2) is 4.78. The molecule has 1 N–H and O–H groups in total. The van der Waals surface area contributed by atoms with Crippen LogP contribution in [0, 0.1) is 0 Å². The second-order valence-corrected chi connectivity index (χ2v) is 5.48. The molecule has 20 heavy (non-hydrogen) atoms. The summed E-state index contributed by atoms with van der Waals surface area (Å²) in [5.41, 5.74) is 1.13. The summed E-state index contributed by atoms with van der Waals surface area (Å²) < 4.78 is 43.5. The number of amides is 1. The van der Waals surface area contributed by atoms with Crippen LogP contribution < -0.4 is 0 Å². The molecule has 2 aromatic rings. The third kappa shape index (κ3) is 2.40. The van der Waals surface area contributed by atoms with Crippen LogP contribution in [0.5, 0.6) is 0 Å². The summed E-state index contributed by atoms with van der Waals surface area (Å²) in [5, 5.41) is 1.88. The maximum Gasteiger partial charge on any atom is 0.416 e. The molecule has 1 aliphatic heterocycles. The Morgan fingerprint density at radius 1 is 1.50 bits per heavy atom. The minimum absolute atomic E-state index is 0.106. The maximum atomic E-state index is 12.6. The molecule has 1 fully saturated rings. The minimum Gasteiger partial charge on any atom is -0.365 e. The predicted octanol–water partition coefficient (Wildman–Crippen LogP) is 2.63. The van der Waals surface area contributed by atoms with Crippen LogP contribution in [-0.4, -0.2) is 47.8 Å². The summed E-state index contributed by atoms with van der Waals surface area (Å²) in [4.78, 5) is 16.3. The van der Waals surface area contributed by atoms with Gasteiger partial charge in [-0.15, -0.1) is 11.3 Å². The molecule has 0 aromatic carbocycles. The first-order chi connectivity index (χ1) is 9.45. The Balaban J connectivity index is 1.78. The lowest BCUT2D eigenvalue weighted by Gasteiger charge is -2.33. The zero-order chi connectivity index (χ0) is 14.3. The molecule has 1 atom stereocenters. The summed E-state index contributed by atoms with van der Waals surface area (Å²) in [7, 11) is 0. The Morgan fingerprint density at radius 2 is 2.30 bits per heavy atom. The second-order valence-electron chi connectivity index (χ2n) is 4.53. The molecule has 108 valence electrons. The van der Waals surface area contributed by atoms with Crippen molar-refractivity contribution >= 4 is 27.5 Å². The molecule has 0 spiro atoms. The van der Waals surface area contributed by atoms with Crippen molar-refractivity contribution in [3.63, 3.8) is 0 Å². The summed E-state index contributed by atoms with van der Waals surface area (Å²) >= 11 is 1.47. The monoisotopic (exact) mass is 304 g/mol. The van der Waals surface area contributed by atoms with Crippen molar-refractivity contribution in [3.8, 4) is 0 Å². The predicted molar refractivity (Wildman–Crippen MR) is 67.9 cm³/mol. The highest BCUT2D eigenvalue weighted by atomic mass is 32.1. The Bertz CT molecular complexity index is 605. The molecule has 0 saturated carbocycles. The first-order valence-electron chi connectivity index (χ1n) is 5.99. The van der Waals surface area contributed by atoms with Crippen LogP contribution >= 0.6 is 11.3 Å². The number of fused-ring (bicyclic) bond motifs is 1. The number of rotatable bonds is 1. The van der Waals surface area contributed by atoms with Gasteiger partial charge in [-0.25, -0.2) is 0 Å². The number of aromatic amines is 1. The van der Waals surface area contributed by atoms with E-state index in [1.807, 2.05) is 11.4 Å². The fourth-order valence-electron chi connectivity index (χ4n) is 2.17. The fourth-order valence-corrected chi connectivity index (χ4v) is 2.95. The topological polar surface area (TPSA) is 45.3 Å². The van der Waals surface area contributed by atoms with Gasteiger partial charge in [-0.3, -0.25) is 4.79 Å². The fraction of sp³-hybridized carbons (Fsp3) is 0.417. The van der Waals surface area contributed by atoms with E-state index in [0.717, 1.165) is 10.2 Å². The van der Waals surface area contributed by atoms with Crippen LogP contribution in [0.2, 0.25) is 0 Å². The van der Waals surface area contributed by atoms with Gasteiger partial charge >= 0.3 is 6.18 Å². The largest absolute Gasteiger partial charge is 0.416 e. The van der Waals surface area contributed by atoms with E-state index in [-0.39, 0.29) is 13.2 Å². The quantitative estimate of drug-likeness (QED) is 0.880. The van der Waals surface area contributed by atoms with Crippen molar-refractivity contribution in [3.05, 3.63) is 23.2 Å². The summed E-state index contributed by atoms with van der Waals surface area (Å²) in [5.74, 6) is -0.425. The number of nitrogens with zero attached hydrogens (tertiary/aromatic N) is 1. The van der Waals surface area contributed by atoms with Gasteiger partial charge in [0, 0.05) is 6.54 Å². The normalized spacial score (nSPS) is 20.6. The number of thiophene rings is 1. The number of aromatic nitrogens is 1. The molecule has 1 aliphatic rings. The van der Waals surface area contributed by atoms with Gasteiger partial charge in [0.25, 0.3) is 5.91 Å². The van der Waals surface area contributed by atoms with Crippen molar-refractivity contribution in [2.45, 2.75) is 12.3 Å². The molecule has 8 heteroatoms. The molecule has 2 aromatic heterocycles. The number of hydrogen-bond donors (Lipinski definition) is 1. The number of ether oxygens (including phenoxy) is 1. The van der Waals surface area contributed by atoms with Crippen LogP contribution in [-0.2, 0) is 4.74 Å². The van der Waals surface area contributed by atoms with Crippen LogP contribution in [0.25, 0.3) is 10.2 Å². The van der Waals surface area contributed by atoms with Crippen LogP contribution in [0.1, 0.15) is 10.5 Å². The third-order valence-electron chi connectivity index (χ3n) is 3.19. The van der Waals surface area contributed by atoms with Gasteiger partial charge in [0.15, 0.2) is 6.10 Å². The number of hydrogen-bond acceptors (Lipinski definition) is 3. The molecule has 4 nitrogen and oxygen atoms in total. The number of alkyl halides is 3. The van der Waals surface area contributed by atoms with Crippen LogP contribution in [0.3, 0.4) is 0 Å². The molecule has 3 heterocycles. The van der Waals surface area contributed by atoms with E-state index in [4.69, 9.17) is 0 Å². The van der Waals surface area contributed by atoms with E-state index in [1.165, 1.54) is 16.2 Å². The van der Waals surface area contributed by atoms with Crippen molar-refractivity contribution in [1.29, 1.82) is 0 Å². The molecule has 0 unspecified atom stereocenters. The highest BCUT2D eigenvalue weighted by Crippen LogP contribution is 2.27. The average molecular weight is 304 g/mol. The standard InChI is InChI=1S/C12H11F3N2O2S/c13-12(14,15)10-6-17(2-3-19-10)11(18)8-5-9-7(16-8)1-4-20-9/h1,4-5,10,16H,2-3,6H2/t10-/m0/s1. The average Bonchev–Trinajstić information content (AvgIpc) is 2.97. The van der Waals surface area contributed by atoms with E-state index >= 15 is 0 Å². The van der Waals surface area contributed by atoms with Gasteiger partial charge in [0.05, 0.1) is 23.4 Å². The summed E-state index contributed by atoms with van der Waals surface area (Å²) in [6.45, 7) is -0.405. The van der Waals surface area contributed by atoms with E-state index in [0.29, 0.717) is 5.69 Å². The molecule has 0 bridgehead atoms. The molecule has 3 rings (SSSR count). The molecule has 1 amide bonds. The van der Waals surface area contributed by atoms with Crippen molar-refractivity contribution in [2.24, 2.45) is 0 Å².